The van der Waals surface area contributed by atoms with Crippen molar-refractivity contribution in [3.05, 3.63) is 65.7 Å². The van der Waals surface area contributed by atoms with E-state index in [0.29, 0.717) is 32.5 Å². The Morgan fingerprint density at radius 3 is 2.33 bits per heavy atom. The highest BCUT2D eigenvalue weighted by molar-refractivity contribution is 6.14. The van der Waals surface area contributed by atoms with Crippen molar-refractivity contribution in [2.45, 2.75) is 65.8 Å². The molecule has 1 fully saturated rings. The topological polar surface area (TPSA) is 101 Å². The summed E-state index contributed by atoms with van der Waals surface area (Å²) in [4.78, 5) is 47.6. The van der Waals surface area contributed by atoms with Gasteiger partial charge < -0.3 is 19.3 Å². The monoisotopic (exact) mass is 548 g/mol. The number of fused-ring (bicyclic) bond motifs is 1. The fraction of sp³-hybridized carbons (Fsp3) is 0.484. The molecule has 1 atom stereocenters. The molecule has 2 aromatic carbocycles. The van der Waals surface area contributed by atoms with E-state index in [1.807, 2.05) is 89.2 Å². The van der Waals surface area contributed by atoms with E-state index >= 15 is 0 Å². The van der Waals surface area contributed by atoms with Gasteiger partial charge in [-0.15, -0.1) is 0 Å². The van der Waals surface area contributed by atoms with Crippen molar-refractivity contribution in [1.82, 2.24) is 10.2 Å². The number of nitrogens with one attached hydrogen (secondary N) is 1. The SMILES string of the molecule is CC(C)CN1C(=O)[C@@H](NC(=O)OCc2ccccc2)N=C(C2CCN(C(=O)OC(C)(C)C)CC2)c2ccccc21. The molecule has 40 heavy (non-hydrogen) atoms. The third kappa shape index (κ3) is 7.40. The second-order valence-corrected chi connectivity index (χ2v) is 11.7. The Morgan fingerprint density at radius 2 is 1.68 bits per heavy atom. The normalized spacial score (nSPS) is 18.1. The maximum absolute atomic E-state index is 13.8. The summed E-state index contributed by atoms with van der Waals surface area (Å²) in [6.45, 7) is 11.3. The number of ether oxygens (including phenoxy) is 2. The van der Waals surface area contributed by atoms with Gasteiger partial charge in [0.15, 0.2) is 0 Å². The lowest BCUT2D eigenvalue weighted by atomic mass is 9.87. The van der Waals surface area contributed by atoms with Crippen LogP contribution in [-0.2, 0) is 20.9 Å². The number of benzodiazepines with no additional fused rings is 1. The van der Waals surface area contributed by atoms with Crippen LogP contribution in [0.4, 0.5) is 15.3 Å². The first-order valence-electron chi connectivity index (χ1n) is 14.0. The number of piperidine rings is 1. The van der Waals surface area contributed by atoms with Crippen LogP contribution in [0.5, 0.6) is 0 Å². The van der Waals surface area contributed by atoms with Gasteiger partial charge in [0.1, 0.15) is 12.2 Å². The van der Waals surface area contributed by atoms with Gasteiger partial charge in [-0.1, -0.05) is 62.4 Å². The molecule has 9 nitrogen and oxygen atoms in total. The molecule has 4 rings (SSSR count). The predicted octanol–water partition coefficient (Wildman–Crippen LogP) is 5.38. The number of likely N-dealkylation sites (tertiary alicyclic amines) is 1. The molecule has 0 aromatic heterocycles. The van der Waals surface area contributed by atoms with Crippen LogP contribution in [0.1, 0.15) is 58.6 Å². The molecular formula is C31H40N4O5. The number of aliphatic imine (C=N–C) groups is 1. The number of carbonyl (C=O) groups is 3. The van der Waals surface area contributed by atoms with Gasteiger partial charge in [-0.25, -0.2) is 9.59 Å². The Balaban J connectivity index is 1.58. The molecule has 1 N–H and O–H groups in total. The van der Waals surface area contributed by atoms with Crippen LogP contribution in [0, 0.1) is 11.8 Å². The van der Waals surface area contributed by atoms with Crippen LogP contribution >= 0.6 is 0 Å². The van der Waals surface area contributed by atoms with Crippen LogP contribution in [0.15, 0.2) is 59.6 Å². The van der Waals surface area contributed by atoms with E-state index in [4.69, 9.17) is 14.5 Å². The Morgan fingerprint density at radius 1 is 1.02 bits per heavy atom. The van der Waals surface area contributed by atoms with Crippen molar-refractivity contribution in [2.24, 2.45) is 16.8 Å². The Bertz CT molecular complexity index is 1230. The van der Waals surface area contributed by atoms with Crippen molar-refractivity contribution < 1.29 is 23.9 Å². The van der Waals surface area contributed by atoms with Gasteiger partial charge in [0.2, 0.25) is 6.17 Å². The number of anilines is 1. The average Bonchev–Trinajstić information content (AvgIpc) is 3.02. The number of amides is 3. The predicted molar refractivity (Wildman–Crippen MR) is 154 cm³/mol. The highest BCUT2D eigenvalue weighted by Gasteiger charge is 2.37. The Kier molecular flexibility index (Phi) is 9.12. The summed E-state index contributed by atoms with van der Waals surface area (Å²) < 4.78 is 11.0. The van der Waals surface area contributed by atoms with Gasteiger partial charge in [-0.05, 0) is 51.2 Å². The summed E-state index contributed by atoms with van der Waals surface area (Å²) in [6, 6.07) is 17.1. The largest absolute Gasteiger partial charge is 0.445 e. The number of para-hydroxylation sites is 1. The quantitative estimate of drug-likeness (QED) is 0.523. The molecule has 0 radical (unpaired) electrons. The minimum absolute atomic E-state index is 0.00345. The molecule has 2 aromatic rings. The van der Waals surface area contributed by atoms with Gasteiger partial charge in [-0.2, -0.15) is 0 Å². The zero-order valence-corrected chi connectivity index (χ0v) is 24.1. The maximum atomic E-state index is 13.8. The molecule has 3 amide bonds. The van der Waals surface area contributed by atoms with Crippen molar-refractivity contribution in [2.75, 3.05) is 24.5 Å². The molecule has 1 saturated heterocycles. The van der Waals surface area contributed by atoms with Crippen LogP contribution in [0.25, 0.3) is 0 Å². The number of nitrogens with zero attached hydrogens (tertiary/aromatic N) is 3. The zero-order valence-electron chi connectivity index (χ0n) is 24.1. The summed E-state index contributed by atoms with van der Waals surface area (Å²) in [5.74, 6) is -0.114. The van der Waals surface area contributed by atoms with E-state index in [1.54, 1.807) is 9.80 Å². The summed E-state index contributed by atoms with van der Waals surface area (Å²) >= 11 is 0. The highest BCUT2D eigenvalue weighted by Crippen LogP contribution is 2.32. The molecule has 214 valence electrons. The molecule has 0 spiro atoms. The van der Waals surface area contributed by atoms with Gasteiger partial charge in [0.25, 0.3) is 5.91 Å². The molecule has 2 aliphatic heterocycles. The molecule has 2 heterocycles. The van der Waals surface area contributed by atoms with Crippen LogP contribution in [0.2, 0.25) is 0 Å². The fourth-order valence-corrected chi connectivity index (χ4v) is 4.97. The third-order valence-electron chi connectivity index (χ3n) is 6.79. The summed E-state index contributed by atoms with van der Waals surface area (Å²) in [6.07, 6.45) is -0.840. The lowest BCUT2D eigenvalue weighted by molar-refractivity contribution is -0.120. The average molecular weight is 549 g/mol. The molecule has 0 bridgehead atoms. The Labute approximate surface area is 236 Å². The maximum Gasteiger partial charge on any atom is 0.410 e. The number of benzene rings is 2. The van der Waals surface area contributed by atoms with Crippen molar-refractivity contribution in [1.29, 1.82) is 0 Å². The van der Waals surface area contributed by atoms with Crippen LogP contribution in [-0.4, -0.2) is 60.1 Å². The van der Waals surface area contributed by atoms with E-state index in [9.17, 15) is 14.4 Å². The fourth-order valence-electron chi connectivity index (χ4n) is 4.97. The van der Waals surface area contributed by atoms with E-state index in [1.165, 1.54) is 0 Å². The van der Waals surface area contributed by atoms with E-state index in [-0.39, 0.29) is 30.4 Å². The summed E-state index contributed by atoms with van der Waals surface area (Å²) in [5, 5.41) is 2.71. The minimum Gasteiger partial charge on any atom is -0.445 e. The van der Waals surface area contributed by atoms with Gasteiger partial charge in [-0.3, -0.25) is 15.1 Å². The first-order chi connectivity index (χ1) is 19.0. The number of rotatable bonds is 6. The molecule has 0 saturated carbocycles. The van der Waals surface area contributed by atoms with Gasteiger partial charge in [0, 0.05) is 31.1 Å². The van der Waals surface area contributed by atoms with Crippen molar-refractivity contribution in [3.8, 4) is 0 Å². The van der Waals surface area contributed by atoms with E-state index in [0.717, 1.165) is 22.5 Å². The smallest absolute Gasteiger partial charge is 0.410 e. The van der Waals surface area contributed by atoms with Gasteiger partial charge >= 0.3 is 12.2 Å². The first-order valence-corrected chi connectivity index (χ1v) is 14.0. The molecule has 2 aliphatic rings. The number of alkyl carbamates (subject to hydrolysis) is 1. The Hall–Kier alpha value is -3.88. The van der Waals surface area contributed by atoms with Crippen LogP contribution < -0.4 is 10.2 Å². The highest BCUT2D eigenvalue weighted by atomic mass is 16.6. The second-order valence-electron chi connectivity index (χ2n) is 11.7. The first kappa shape index (κ1) is 29.1. The van der Waals surface area contributed by atoms with E-state index < -0.39 is 17.9 Å². The van der Waals surface area contributed by atoms with Crippen molar-refractivity contribution in [3.63, 3.8) is 0 Å². The van der Waals surface area contributed by atoms with Crippen molar-refractivity contribution >= 4 is 29.5 Å². The van der Waals surface area contributed by atoms with Gasteiger partial charge in [0.05, 0.1) is 11.4 Å². The third-order valence-corrected chi connectivity index (χ3v) is 6.79. The molecule has 0 aliphatic carbocycles. The number of carbonyl (C=O) groups excluding carboxylic acids is 3. The second kappa shape index (κ2) is 12.5. The standard InChI is InChI=1S/C31H40N4O5/c1-21(2)19-35-25-14-10-9-13-24(25)26(23-15-17-34(18-16-23)30(38)40-31(3,4)5)32-27(28(35)36)33-29(37)39-20-22-11-7-6-8-12-22/h6-14,21,23,27H,15-20H2,1-5H3,(H,33,37)/t27-/m1/s1. The van der Waals surface area contributed by atoms with E-state index in [2.05, 4.69) is 5.32 Å². The minimum atomic E-state index is -1.13. The molecular weight excluding hydrogens is 508 g/mol. The number of hydrogen-bond acceptors (Lipinski definition) is 6. The van der Waals surface area contributed by atoms with Crippen LogP contribution in [0.3, 0.4) is 0 Å². The lowest BCUT2D eigenvalue weighted by Gasteiger charge is -2.34. The number of hydrogen-bond donors (Lipinski definition) is 1. The summed E-state index contributed by atoms with van der Waals surface area (Å²) in [7, 11) is 0. The molecule has 0 unspecified atom stereocenters. The lowest BCUT2D eigenvalue weighted by Crippen LogP contribution is -2.48. The summed E-state index contributed by atoms with van der Waals surface area (Å²) in [5.41, 5.74) is 2.68. The zero-order chi connectivity index (χ0) is 28.9. The molecule has 9 heteroatoms.